The van der Waals surface area contributed by atoms with Crippen molar-refractivity contribution in [2.75, 3.05) is 0 Å². The summed E-state index contributed by atoms with van der Waals surface area (Å²) in [5, 5.41) is 15.4. The Morgan fingerprint density at radius 2 is 0.462 bits per heavy atom. The van der Waals surface area contributed by atoms with Crippen molar-refractivity contribution in [3.05, 3.63) is 0 Å². The van der Waals surface area contributed by atoms with E-state index in [1.807, 2.05) is 0 Å². The Morgan fingerprint density at radius 3 is 0.615 bits per heavy atom. The first-order valence-corrected chi connectivity index (χ1v) is 22.2. The highest BCUT2D eigenvalue weighted by molar-refractivity contribution is 14.2. The molecule has 0 aromatic heterocycles. The van der Waals surface area contributed by atoms with E-state index in [-0.39, 0.29) is 14.6 Å². The second-order valence-corrected chi connectivity index (χ2v) is 42.8. The quantitative estimate of drug-likeness (QED) is 0.170. The molecule has 26 heavy (non-hydrogen) atoms. The number of rotatable bonds is 0. The summed E-state index contributed by atoms with van der Waals surface area (Å²) < 4.78 is -2.47. The number of alkyl halides is 15. The number of hydrogen-bond acceptors (Lipinski definition) is 0. The maximum absolute atomic E-state index is 15.4. The van der Waals surface area contributed by atoms with Crippen molar-refractivity contribution in [3.8, 4) is 0 Å². The van der Waals surface area contributed by atoms with Crippen LogP contribution in [0.4, 0.5) is 0 Å². The first-order valence-electron chi connectivity index (χ1n) is 6.04. The number of hydrogen-bond donors (Lipinski definition) is 0. The third kappa shape index (κ3) is 2.84. The highest BCUT2D eigenvalue weighted by Gasteiger charge is 3.07. The smallest absolute Gasteiger partial charge is 0.178 e. The summed E-state index contributed by atoms with van der Waals surface area (Å²) >= 11 is 39.6. The lowest BCUT2D eigenvalue weighted by Crippen LogP contribution is -3.05. The second kappa shape index (κ2) is 8.70. The summed E-state index contributed by atoms with van der Waals surface area (Å²) in [6.45, 7) is 0. The molecular weight excluding hydrogens is 2040 g/mol. The van der Waals surface area contributed by atoms with Crippen LogP contribution in [0.2, 0.25) is 0 Å². The van der Waals surface area contributed by atoms with Gasteiger partial charge in [-0.2, -0.15) is 0 Å². The highest BCUT2D eigenvalue weighted by Crippen LogP contribution is 2.98. The Kier molecular flexibility index (Phi) is 10.5. The fraction of sp³-hybridized carbons (Fsp3) is 1.00. The molecular formula is C10I15O. The van der Waals surface area contributed by atoms with Crippen LogP contribution in [0, 0.1) is 0 Å². The minimum Gasteiger partial charge on any atom is -0.222 e. The minimum absolute atomic E-state index is 0.126. The van der Waals surface area contributed by atoms with Gasteiger partial charge in [-0.25, -0.2) is 5.11 Å². The monoisotopic (exact) mass is 2040 g/mol. The predicted octanol–water partition coefficient (Wildman–Crippen LogP) is 11.1. The molecule has 4 fully saturated rings. The van der Waals surface area contributed by atoms with Gasteiger partial charge in [-0.3, -0.25) is 0 Å². The van der Waals surface area contributed by atoms with Gasteiger partial charge in [0.05, 0.1) is 10.3 Å². The molecule has 0 unspecified atom stereocenters. The van der Waals surface area contributed by atoms with Gasteiger partial charge < -0.3 is 0 Å². The lowest BCUT2D eigenvalue weighted by atomic mass is 9.53. The molecule has 16 heteroatoms. The lowest BCUT2D eigenvalue weighted by molar-refractivity contribution is -0.102. The normalized spacial score (nSPS) is 53.5. The van der Waals surface area contributed by atoms with Crippen LogP contribution in [0.15, 0.2) is 0 Å². The van der Waals surface area contributed by atoms with Crippen LogP contribution in [0.25, 0.3) is 0 Å². The van der Waals surface area contributed by atoms with Crippen molar-refractivity contribution in [1.82, 2.24) is 0 Å². The standard InChI is InChI=1S/C10I15O/c11-1-5(14,15)2(12)7(18,19)3(13,6(1,16)17)10(24,25)4(26,8(1,20)21)9(2,22)23. The molecule has 4 bridgehead atoms. The molecule has 0 aliphatic heterocycles. The van der Waals surface area contributed by atoms with E-state index < -0.39 is 9.89 Å². The van der Waals surface area contributed by atoms with Gasteiger partial charge in [0.15, 0.2) is 5.60 Å². The zero-order chi connectivity index (χ0) is 21.0. The van der Waals surface area contributed by atoms with Crippen LogP contribution in [0.3, 0.4) is 0 Å². The van der Waals surface area contributed by atoms with Gasteiger partial charge in [-0.1, -0.05) is 339 Å². The summed E-state index contributed by atoms with van der Waals surface area (Å²) in [6, 6.07) is 0. The number of halogens is 15. The largest absolute Gasteiger partial charge is 0.222 e. The van der Waals surface area contributed by atoms with E-state index >= 15 is 5.11 Å². The average Bonchev–Trinajstić information content (AvgIpc) is 2.46. The van der Waals surface area contributed by atoms with Crippen molar-refractivity contribution in [3.63, 3.8) is 0 Å². The van der Waals surface area contributed by atoms with Crippen LogP contribution in [0.5, 0.6) is 0 Å². The van der Waals surface area contributed by atoms with E-state index in [4.69, 9.17) is 0 Å². The van der Waals surface area contributed by atoms with Crippen LogP contribution in [-0.2, 0) is 5.11 Å². The average molecular weight is 2040 g/mol. The molecule has 4 rings (SSSR count). The molecule has 0 N–H and O–H groups in total. The van der Waals surface area contributed by atoms with Gasteiger partial charge in [0.25, 0.3) is 0 Å². The maximum atomic E-state index is 15.4. The molecule has 4 aliphatic rings. The Bertz CT molecular complexity index is 512. The fourth-order valence-corrected chi connectivity index (χ4v) is 53.1. The molecule has 0 spiro atoms. The first kappa shape index (κ1) is 31.4. The maximum Gasteiger partial charge on any atom is 0.178 e. The van der Waals surface area contributed by atoms with Crippen molar-refractivity contribution >= 4 is 339 Å². The van der Waals surface area contributed by atoms with Gasteiger partial charge in [0.2, 0.25) is 0 Å². The third-order valence-electron chi connectivity index (χ3n) is 5.22. The summed E-state index contributed by atoms with van der Waals surface area (Å²) in [4.78, 5) is 0. The molecule has 4 saturated carbocycles. The summed E-state index contributed by atoms with van der Waals surface area (Å²) in [5.41, 5.74) is -1.14. The predicted molar refractivity (Wildman–Crippen MR) is 238 cm³/mol. The SMILES string of the molecule is [O]C12C(I)(I)C3(I)C(I)(I)C(I)(C1(I)I)C(I)(I)C(I)(C2(I)I)C3(I)I. The van der Waals surface area contributed by atoms with Crippen LogP contribution in [-0.4, -0.2) is 24.4 Å². The summed E-state index contributed by atoms with van der Waals surface area (Å²) in [5.74, 6) is 0. The fourth-order valence-electron chi connectivity index (χ4n) is 3.81. The van der Waals surface area contributed by atoms with Crippen molar-refractivity contribution in [2.24, 2.45) is 0 Å². The van der Waals surface area contributed by atoms with Crippen molar-refractivity contribution in [1.29, 1.82) is 0 Å². The Hall–Kier alpha value is 10.9. The second-order valence-electron chi connectivity index (χ2n) is 6.10. The van der Waals surface area contributed by atoms with Crippen molar-refractivity contribution in [2.45, 2.75) is 24.4 Å². The molecule has 0 heterocycles. The molecule has 0 aromatic carbocycles. The van der Waals surface area contributed by atoms with E-state index in [2.05, 4.69) is 339 Å². The molecule has 1 nitrogen and oxygen atoms in total. The van der Waals surface area contributed by atoms with Gasteiger partial charge in [0.1, 0.15) is 8.57 Å². The van der Waals surface area contributed by atoms with Gasteiger partial charge in [-0.15, -0.1) is 0 Å². The van der Waals surface area contributed by atoms with E-state index in [1.165, 1.54) is 0 Å². The molecule has 151 valence electrons. The van der Waals surface area contributed by atoms with E-state index in [0.717, 1.165) is 0 Å². The lowest BCUT2D eigenvalue weighted by Gasteiger charge is -2.87. The summed E-state index contributed by atoms with van der Waals surface area (Å²) in [7, 11) is 0. The van der Waals surface area contributed by atoms with Crippen molar-refractivity contribution < 1.29 is 5.11 Å². The zero-order valence-corrected chi connectivity index (χ0v) is 43.4. The van der Waals surface area contributed by atoms with Crippen LogP contribution in [0.1, 0.15) is 0 Å². The molecule has 4 aliphatic carbocycles. The molecule has 0 saturated heterocycles. The molecule has 0 aromatic rings. The van der Waals surface area contributed by atoms with Gasteiger partial charge >= 0.3 is 0 Å². The van der Waals surface area contributed by atoms with E-state index in [0.29, 0.717) is 0 Å². The minimum atomic E-state index is -1.14. The Morgan fingerprint density at radius 1 is 0.308 bits per heavy atom. The Labute approximate surface area is 357 Å². The topological polar surface area (TPSA) is 19.9 Å². The molecule has 1 radical (unpaired) electrons. The zero-order valence-electron chi connectivity index (χ0n) is 11.1. The van der Waals surface area contributed by atoms with Crippen LogP contribution >= 0.6 is 339 Å². The summed E-state index contributed by atoms with van der Waals surface area (Å²) in [6.07, 6.45) is 0. The van der Waals surface area contributed by atoms with Gasteiger partial charge in [0, 0.05) is 0 Å². The Balaban J connectivity index is 2.71. The first-order chi connectivity index (χ1) is 11.0. The van der Waals surface area contributed by atoms with Gasteiger partial charge in [-0.05, 0) is 0 Å². The highest BCUT2D eigenvalue weighted by atomic mass is 127. The molecule has 0 atom stereocenters. The van der Waals surface area contributed by atoms with E-state index in [9.17, 15) is 0 Å². The van der Waals surface area contributed by atoms with Crippen LogP contribution < -0.4 is 0 Å². The molecule has 0 amide bonds. The van der Waals surface area contributed by atoms with E-state index in [1.54, 1.807) is 0 Å². The third-order valence-corrected chi connectivity index (χ3v) is 50.2.